The molecule has 0 saturated carbocycles. The highest BCUT2D eigenvalue weighted by Gasteiger charge is 2.09. The zero-order valence-corrected chi connectivity index (χ0v) is 7.77. The van der Waals surface area contributed by atoms with Crippen LogP contribution in [0.3, 0.4) is 0 Å². The van der Waals surface area contributed by atoms with Gasteiger partial charge in [-0.3, -0.25) is 4.98 Å². The van der Waals surface area contributed by atoms with Crippen molar-refractivity contribution in [2.75, 3.05) is 0 Å². The van der Waals surface area contributed by atoms with E-state index < -0.39 is 0 Å². The summed E-state index contributed by atoms with van der Waals surface area (Å²) in [5.41, 5.74) is 2.46. The maximum atomic E-state index is 4.42. The lowest BCUT2D eigenvalue weighted by molar-refractivity contribution is 0.746. The summed E-state index contributed by atoms with van der Waals surface area (Å²) in [6.45, 7) is 2.22. The Bertz CT molecular complexity index is 350. The van der Waals surface area contributed by atoms with E-state index in [1.54, 1.807) is 0 Å². The zero-order valence-electron chi connectivity index (χ0n) is 7.77. The van der Waals surface area contributed by atoms with E-state index in [0.717, 1.165) is 6.42 Å². The Balaban J connectivity index is 2.49. The summed E-state index contributed by atoms with van der Waals surface area (Å²) in [6.07, 6.45) is 11.4. The fourth-order valence-electron chi connectivity index (χ4n) is 1.61. The van der Waals surface area contributed by atoms with Crippen LogP contribution in [0.2, 0.25) is 0 Å². The summed E-state index contributed by atoms with van der Waals surface area (Å²) < 4.78 is 0. The molecule has 0 radical (unpaired) electrons. The predicted octanol–water partition coefficient (Wildman–Crippen LogP) is 3.16. The van der Waals surface area contributed by atoms with E-state index in [1.807, 2.05) is 12.3 Å². The molecule has 0 saturated heterocycles. The average molecular weight is 171 g/mol. The van der Waals surface area contributed by atoms with Crippen LogP contribution in [0.5, 0.6) is 0 Å². The Morgan fingerprint density at radius 3 is 3.23 bits per heavy atom. The molecule has 1 aliphatic rings. The van der Waals surface area contributed by atoms with E-state index >= 15 is 0 Å². The van der Waals surface area contributed by atoms with Crippen LogP contribution in [0, 0.1) is 0 Å². The first-order valence-corrected chi connectivity index (χ1v) is 4.66. The quantitative estimate of drug-likeness (QED) is 0.584. The zero-order chi connectivity index (χ0) is 9.10. The number of hydrogen-bond donors (Lipinski definition) is 0. The third kappa shape index (κ3) is 1.69. The van der Waals surface area contributed by atoms with Crippen LogP contribution < -0.4 is 0 Å². The van der Waals surface area contributed by atoms with Crippen molar-refractivity contribution in [1.29, 1.82) is 0 Å². The highest BCUT2D eigenvalue weighted by molar-refractivity contribution is 5.54. The summed E-state index contributed by atoms with van der Waals surface area (Å²) >= 11 is 0. The normalized spacial score (nSPS) is 25.5. The van der Waals surface area contributed by atoms with E-state index in [2.05, 4.69) is 42.3 Å². The van der Waals surface area contributed by atoms with Gasteiger partial charge in [-0.2, -0.15) is 0 Å². The van der Waals surface area contributed by atoms with Crippen LogP contribution in [-0.4, -0.2) is 4.98 Å². The van der Waals surface area contributed by atoms with Gasteiger partial charge in [0.15, 0.2) is 0 Å². The van der Waals surface area contributed by atoms with E-state index in [9.17, 15) is 0 Å². The lowest BCUT2D eigenvalue weighted by Crippen LogP contribution is -1.99. The van der Waals surface area contributed by atoms with Crippen molar-refractivity contribution in [2.24, 2.45) is 0 Å². The minimum Gasteiger partial charge on any atom is -0.260 e. The van der Waals surface area contributed by atoms with E-state index in [0.29, 0.717) is 5.92 Å². The topological polar surface area (TPSA) is 12.9 Å². The SMILES string of the molecule is CC1C/C=C/C=C\c2cccnc21. The Morgan fingerprint density at radius 1 is 1.38 bits per heavy atom. The van der Waals surface area contributed by atoms with Crippen molar-refractivity contribution < 1.29 is 0 Å². The van der Waals surface area contributed by atoms with Gasteiger partial charge < -0.3 is 0 Å². The summed E-state index contributed by atoms with van der Waals surface area (Å²) in [6, 6.07) is 4.11. The number of aromatic nitrogens is 1. The van der Waals surface area contributed by atoms with Gasteiger partial charge in [0.25, 0.3) is 0 Å². The van der Waals surface area contributed by atoms with E-state index in [1.165, 1.54) is 11.3 Å². The number of pyridine rings is 1. The monoisotopic (exact) mass is 171 g/mol. The first-order valence-electron chi connectivity index (χ1n) is 4.66. The first-order chi connectivity index (χ1) is 6.38. The molecule has 1 heterocycles. The lowest BCUT2D eigenvalue weighted by Gasteiger charge is -2.12. The van der Waals surface area contributed by atoms with Gasteiger partial charge in [-0.15, -0.1) is 0 Å². The van der Waals surface area contributed by atoms with Gasteiger partial charge >= 0.3 is 0 Å². The summed E-state index contributed by atoms with van der Waals surface area (Å²) in [5, 5.41) is 0. The Kier molecular flexibility index (Phi) is 2.26. The molecule has 1 aromatic rings. The van der Waals surface area contributed by atoms with Crippen LogP contribution in [0.1, 0.15) is 30.5 Å². The van der Waals surface area contributed by atoms with E-state index in [4.69, 9.17) is 0 Å². The van der Waals surface area contributed by atoms with Crippen LogP contribution in [-0.2, 0) is 0 Å². The summed E-state index contributed by atoms with van der Waals surface area (Å²) in [5.74, 6) is 0.525. The van der Waals surface area contributed by atoms with Crippen LogP contribution in [0.15, 0.2) is 36.6 Å². The molecule has 0 spiro atoms. The van der Waals surface area contributed by atoms with Gasteiger partial charge in [0.1, 0.15) is 0 Å². The molecular weight excluding hydrogens is 158 g/mol. The molecule has 1 heteroatoms. The second-order valence-corrected chi connectivity index (χ2v) is 3.40. The van der Waals surface area contributed by atoms with Crippen molar-refractivity contribution in [1.82, 2.24) is 4.98 Å². The Morgan fingerprint density at radius 2 is 2.31 bits per heavy atom. The largest absolute Gasteiger partial charge is 0.260 e. The Hall–Kier alpha value is -1.37. The molecule has 1 atom stereocenters. The average Bonchev–Trinajstić information content (AvgIpc) is 2.14. The van der Waals surface area contributed by atoms with Crippen molar-refractivity contribution >= 4 is 6.08 Å². The van der Waals surface area contributed by atoms with Gasteiger partial charge in [0, 0.05) is 12.1 Å². The van der Waals surface area contributed by atoms with E-state index in [-0.39, 0.29) is 0 Å². The molecule has 0 bridgehead atoms. The minimum atomic E-state index is 0.525. The van der Waals surface area contributed by atoms with Crippen molar-refractivity contribution in [3.05, 3.63) is 47.8 Å². The molecule has 0 N–H and O–H groups in total. The number of hydrogen-bond acceptors (Lipinski definition) is 1. The molecule has 1 aliphatic carbocycles. The van der Waals surface area contributed by atoms with Crippen molar-refractivity contribution in [3.63, 3.8) is 0 Å². The molecule has 13 heavy (non-hydrogen) atoms. The highest BCUT2D eigenvalue weighted by Crippen LogP contribution is 2.23. The van der Waals surface area contributed by atoms with Gasteiger partial charge in [0.2, 0.25) is 0 Å². The predicted molar refractivity (Wildman–Crippen MR) is 55.4 cm³/mol. The van der Waals surface area contributed by atoms with Crippen molar-refractivity contribution in [2.45, 2.75) is 19.3 Å². The fourth-order valence-corrected chi connectivity index (χ4v) is 1.61. The maximum Gasteiger partial charge on any atom is 0.0507 e. The third-order valence-electron chi connectivity index (χ3n) is 2.35. The molecule has 0 amide bonds. The number of rotatable bonds is 0. The summed E-state index contributed by atoms with van der Waals surface area (Å²) in [4.78, 5) is 4.42. The van der Waals surface area contributed by atoms with Gasteiger partial charge in [-0.25, -0.2) is 0 Å². The molecule has 1 nitrogen and oxygen atoms in total. The van der Waals surface area contributed by atoms with Gasteiger partial charge in [-0.1, -0.05) is 37.3 Å². The highest BCUT2D eigenvalue weighted by atomic mass is 14.7. The third-order valence-corrected chi connectivity index (χ3v) is 2.35. The molecule has 0 fully saturated rings. The van der Waals surface area contributed by atoms with Gasteiger partial charge in [-0.05, 0) is 18.1 Å². The summed E-state index contributed by atoms with van der Waals surface area (Å²) in [7, 11) is 0. The lowest BCUT2D eigenvalue weighted by atomic mass is 9.96. The maximum absolute atomic E-state index is 4.42. The standard InChI is InChI=1S/C12H13N/c1-10-6-3-2-4-7-11-8-5-9-13-12(10)11/h2-5,7-10H,6H2,1H3/b3-2+,7-4-. The smallest absolute Gasteiger partial charge is 0.0507 e. The van der Waals surface area contributed by atoms with Gasteiger partial charge in [0.05, 0.1) is 5.69 Å². The minimum absolute atomic E-state index is 0.525. The van der Waals surface area contributed by atoms with Crippen LogP contribution in [0.4, 0.5) is 0 Å². The number of allylic oxidation sites excluding steroid dienone is 3. The number of fused-ring (bicyclic) bond motifs is 1. The first kappa shape index (κ1) is 8.24. The molecule has 0 aliphatic heterocycles. The molecule has 66 valence electrons. The fraction of sp³-hybridized carbons (Fsp3) is 0.250. The molecule has 0 aromatic carbocycles. The van der Waals surface area contributed by atoms with Crippen LogP contribution >= 0.6 is 0 Å². The van der Waals surface area contributed by atoms with Crippen molar-refractivity contribution in [3.8, 4) is 0 Å². The molecule has 1 aromatic heterocycles. The second-order valence-electron chi connectivity index (χ2n) is 3.40. The second kappa shape index (κ2) is 3.56. The molecular formula is C12H13N. The molecule has 2 rings (SSSR count). The van der Waals surface area contributed by atoms with Crippen LogP contribution in [0.25, 0.3) is 6.08 Å². The number of nitrogens with zero attached hydrogens (tertiary/aromatic N) is 1. The molecule has 1 unspecified atom stereocenters. The Labute approximate surface area is 78.8 Å².